The molecule has 1 saturated heterocycles. The van der Waals surface area contributed by atoms with Crippen molar-refractivity contribution in [2.75, 3.05) is 0 Å². The van der Waals surface area contributed by atoms with Crippen LogP contribution in [0.4, 0.5) is 5.88 Å². The molecule has 1 aliphatic heterocycles. The van der Waals surface area contributed by atoms with Crippen LogP contribution in [0.15, 0.2) is 16.5 Å². The van der Waals surface area contributed by atoms with E-state index in [0.717, 1.165) is 0 Å². The van der Waals surface area contributed by atoms with Crippen molar-refractivity contribution in [2.24, 2.45) is 0 Å². The number of hydroxylamine groups is 2. The lowest BCUT2D eigenvalue weighted by molar-refractivity contribution is -0.402. The van der Waals surface area contributed by atoms with E-state index in [1.807, 2.05) is 20.8 Å². The summed E-state index contributed by atoms with van der Waals surface area (Å²) >= 11 is 0. The molecule has 1 aromatic rings. The van der Waals surface area contributed by atoms with Gasteiger partial charge >= 0.3 is 5.88 Å². The monoisotopic (exact) mass is 212 g/mol. The third-order valence-corrected chi connectivity index (χ3v) is 2.08. The Labute approximate surface area is 86.5 Å². The Morgan fingerprint density at radius 3 is 2.53 bits per heavy atom. The van der Waals surface area contributed by atoms with E-state index < -0.39 is 4.92 Å². The van der Waals surface area contributed by atoms with E-state index in [1.54, 1.807) is 11.1 Å². The van der Waals surface area contributed by atoms with Crippen molar-refractivity contribution in [1.29, 1.82) is 0 Å². The molecule has 0 saturated carbocycles. The molecule has 2 heterocycles. The van der Waals surface area contributed by atoms with Crippen molar-refractivity contribution in [3.63, 3.8) is 0 Å². The molecule has 1 aromatic heterocycles. The summed E-state index contributed by atoms with van der Waals surface area (Å²) in [5.41, 5.74) is -0.133. The van der Waals surface area contributed by atoms with Gasteiger partial charge in [-0.1, -0.05) is 0 Å². The van der Waals surface area contributed by atoms with Crippen molar-refractivity contribution in [3.8, 4) is 0 Å². The fourth-order valence-corrected chi connectivity index (χ4v) is 1.33. The zero-order valence-corrected chi connectivity index (χ0v) is 8.76. The fourth-order valence-electron chi connectivity index (χ4n) is 1.33. The van der Waals surface area contributed by atoms with Crippen LogP contribution in [0.2, 0.25) is 0 Å². The molecular formula is C9H12N2O4. The van der Waals surface area contributed by atoms with Gasteiger partial charge in [0.1, 0.15) is 4.92 Å². The van der Waals surface area contributed by atoms with Gasteiger partial charge in [0, 0.05) is 5.54 Å². The van der Waals surface area contributed by atoms with Crippen LogP contribution in [0.25, 0.3) is 0 Å². The summed E-state index contributed by atoms with van der Waals surface area (Å²) in [5, 5.41) is 12.1. The van der Waals surface area contributed by atoms with Crippen molar-refractivity contribution in [3.05, 3.63) is 28.0 Å². The highest BCUT2D eigenvalue weighted by molar-refractivity contribution is 5.20. The first-order valence-electron chi connectivity index (χ1n) is 4.60. The molecule has 2 atom stereocenters. The second-order valence-electron chi connectivity index (χ2n) is 4.39. The zero-order valence-electron chi connectivity index (χ0n) is 8.76. The van der Waals surface area contributed by atoms with Gasteiger partial charge < -0.3 is 4.42 Å². The Morgan fingerprint density at radius 1 is 1.47 bits per heavy atom. The molecule has 0 N–H and O–H groups in total. The van der Waals surface area contributed by atoms with Crippen LogP contribution in [-0.2, 0) is 4.84 Å². The van der Waals surface area contributed by atoms with Gasteiger partial charge in [0.05, 0.1) is 6.07 Å². The average molecular weight is 212 g/mol. The minimum atomic E-state index is -0.562. The largest absolute Gasteiger partial charge is 0.433 e. The third-order valence-electron chi connectivity index (χ3n) is 2.08. The maximum atomic E-state index is 10.4. The Bertz CT molecular complexity index is 393. The molecule has 15 heavy (non-hydrogen) atoms. The Balaban J connectivity index is 2.10. The number of nitrogens with zero attached hydrogens (tertiary/aromatic N) is 2. The molecule has 82 valence electrons. The SMILES string of the molecule is CC(C)(C)N1O[C@H]1c1ccc([N+](=O)[O-])o1. The molecule has 1 fully saturated rings. The van der Waals surface area contributed by atoms with E-state index >= 15 is 0 Å². The molecule has 0 spiro atoms. The van der Waals surface area contributed by atoms with Gasteiger partial charge in [-0.2, -0.15) is 0 Å². The van der Waals surface area contributed by atoms with Gasteiger partial charge in [0.15, 0.2) is 5.76 Å². The first-order chi connectivity index (χ1) is 6.89. The molecule has 6 heteroatoms. The van der Waals surface area contributed by atoms with Crippen LogP contribution in [0, 0.1) is 10.1 Å². The smallest absolute Gasteiger partial charge is 0.401 e. The molecule has 0 bridgehead atoms. The maximum absolute atomic E-state index is 10.4. The van der Waals surface area contributed by atoms with E-state index in [-0.39, 0.29) is 17.7 Å². The normalized spacial score (nSPS) is 25.3. The summed E-state index contributed by atoms with van der Waals surface area (Å²) in [6, 6.07) is 2.90. The molecule has 0 radical (unpaired) electrons. The third kappa shape index (κ3) is 1.86. The molecule has 0 aromatic carbocycles. The van der Waals surface area contributed by atoms with Gasteiger partial charge in [-0.15, -0.1) is 5.06 Å². The number of furan rings is 1. The van der Waals surface area contributed by atoms with Gasteiger partial charge in [0.2, 0.25) is 6.23 Å². The summed E-state index contributed by atoms with van der Waals surface area (Å²) < 4.78 is 5.03. The van der Waals surface area contributed by atoms with E-state index in [4.69, 9.17) is 9.25 Å². The van der Waals surface area contributed by atoms with Crippen LogP contribution in [0.1, 0.15) is 32.8 Å². The molecule has 0 amide bonds. The lowest BCUT2D eigenvalue weighted by atomic mass is 10.1. The number of hydrogen-bond acceptors (Lipinski definition) is 5. The summed E-state index contributed by atoms with van der Waals surface area (Å²) in [6.07, 6.45) is -0.293. The van der Waals surface area contributed by atoms with E-state index in [1.165, 1.54) is 6.07 Å². The topological polar surface area (TPSA) is 71.8 Å². The minimum Gasteiger partial charge on any atom is -0.401 e. The Hall–Kier alpha value is -1.40. The van der Waals surface area contributed by atoms with E-state index in [0.29, 0.717) is 5.76 Å². The zero-order chi connectivity index (χ0) is 11.2. The summed E-state index contributed by atoms with van der Waals surface area (Å²) in [6.45, 7) is 5.97. The second-order valence-corrected chi connectivity index (χ2v) is 4.39. The standard InChI is InChI=1S/C9H12N2O4/c1-9(2,3)10-8(15-10)6-4-5-7(14-6)11(12)13/h4-5,8H,1-3H3/t8-,10?/m0/s1. The summed E-state index contributed by atoms with van der Waals surface area (Å²) in [5.74, 6) is 0.214. The Morgan fingerprint density at radius 2 is 2.13 bits per heavy atom. The predicted octanol–water partition coefficient (Wildman–Crippen LogP) is 2.23. The highest BCUT2D eigenvalue weighted by Gasteiger charge is 2.48. The molecule has 6 nitrogen and oxygen atoms in total. The van der Waals surface area contributed by atoms with Crippen molar-refractivity contribution < 1.29 is 14.2 Å². The number of rotatable bonds is 2. The van der Waals surface area contributed by atoms with Gasteiger partial charge in [-0.05, 0) is 26.8 Å². The first-order valence-corrected chi connectivity index (χ1v) is 4.60. The highest BCUT2D eigenvalue weighted by atomic mass is 16.8. The van der Waals surface area contributed by atoms with Crippen LogP contribution >= 0.6 is 0 Å². The van der Waals surface area contributed by atoms with Gasteiger partial charge in [-0.3, -0.25) is 15.0 Å². The number of hydrogen-bond donors (Lipinski definition) is 0. The lowest BCUT2D eigenvalue weighted by Crippen LogP contribution is -2.25. The second kappa shape index (κ2) is 3.04. The van der Waals surface area contributed by atoms with Crippen molar-refractivity contribution in [2.45, 2.75) is 32.5 Å². The quantitative estimate of drug-likeness (QED) is 0.427. The molecule has 1 aliphatic rings. The molecule has 1 unspecified atom stereocenters. The lowest BCUT2D eigenvalue weighted by Gasteiger charge is -2.15. The maximum Gasteiger partial charge on any atom is 0.433 e. The molecule has 0 aliphatic carbocycles. The summed E-state index contributed by atoms with van der Waals surface area (Å²) in [4.78, 5) is 15.1. The predicted molar refractivity (Wildman–Crippen MR) is 50.8 cm³/mol. The summed E-state index contributed by atoms with van der Waals surface area (Å²) in [7, 11) is 0. The van der Waals surface area contributed by atoms with Crippen molar-refractivity contribution >= 4 is 5.88 Å². The van der Waals surface area contributed by atoms with E-state index in [9.17, 15) is 10.1 Å². The first kappa shape index (κ1) is 10.1. The average Bonchev–Trinajstić information content (AvgIpc) is 2.76. The van der Waals surface area contributed by atoms with Gasteiger partial charge in [-0.25, -0.2) is 0 Å². The van der Waals surface area contributed by atoms with Crippen molar-refractivity contribution in [1.82, 2.24) is 5.06 Å². The van der Waals surface area contributed by atoms with Gasteiger partial charge in [0.25, 0.3) is 0 Å². The van der Waals surface area contributed by atoms with Crippen LogP contribution in [-0.4, -0.2) is 15.5 Å². The molecular weight excluding hydrogens is 200 g/mol. The fraction of sp³-hybridized carbons (Fsp3) is 0.556. The minimum absolute atomic E-state index is 0.133. The number of nitro groups is 1. The highest BCUT2D eigenvalue weighted by Crippen LogP contribution is 2.44. The molecule has 2 rings (SSSR count). The van der Waals surface area contributed by atoms with Crippen LogP contribution in [0.3, 0.4) is 0 Å². The van der Waals surface area contributed by atoms with E-state index in [2.05, 4.69) is 0 Å². The van der Waals surface area contributed by atoms with Crippen LogP contribution < -0.4 is 0 Å². The Kier molecular flexibility index (Phi) is 2.06. The van der Waals surface area contributed by atoms with Crippen LogP contribution in [0.5, 0.6) is 0 Å².